The van der Waals surface area contributed by atoms with Crippen molar-refractivity contribution in [3.8, 4) is 17.6 Å². The number of hydrogen-bond acceptors (Lipinski definition) is 5. The smallest absolute Gasteiger partial charge is 0.225 e. The van der Waals surface area contributed by atoms with Crippen LogP contribution in [0.3, 0.4) is 0 Å². The van der Waals surface area contributed by atoms with Crippen LogP contribution in [0.2, 0.25) is 0 Å². The molecule has 2 aromatic rings. The molecule has 1 N–H and O–H groups in total. The van der Waals surface area contributed by atoms with Gasteiger partial charge in [0.1, 0.15) is 6.61 Å². The number of benzene rings is 2. The molecule has 5 nitrogen and oxygen atoms in total. The standard InChI is InChI=1S/C21H20N2O3S/c1-25-19-10-15(16-11-20(24)23-21(27-2)17(16)12-22)8-9-18(19)26-13-14-6-4-3-5-7-14/h3-10,16H,11,13H2,1-2H3,(H,23,24)/t16-/m1/s1. The van der Waals surface area contributed by atoms with E-state index < -0.39 is 0 Å². The van der Waals surface area contributed by atoms with Crippen LogP contribution in [0.4, 0.5) is 0 Å². The molecule has 1 atom stereocenters. The van der Waals surface area contributed by atoms with Gasteiger partial charge in [-0.15, -0.1) is 11.8 Å². The van der Waals surface area contributed by atoms with Gasteiger partial charge in [0, 0.05) is 12.3 Å². The molecule has 0 fully saturated rings. The summed E-state index contributed by atoms with van der Waals surface area (Å²) < 4.78 is 11.4. The SMILES string of the molecule is COc1cc([C@H]2CC(=O)NC(SC)=C2C#N)ccc1OCc1ccccc1. The van der Waals surface area contributed by atoms with Crippen LogP contribution in [-0.4, -0.2) is 19.3 Å². The van der Waals surface area contributed by atoms with E-state index >= 15 is 0 Å². The second-order valence-corrected chi connectivity index (χ2v) is 6.86. The predicted octanol–water partition coefficient (Wildman–Crippen LogP) is 3.98. The summed E-state index contributed by atoms with van der Waals surface area (Å²) in [5.41, 5.74) is 2.49. The number of amides is 1. The van der Waals surface area contributed by atoms with Gasteiger partial charge in [-0.1, -0.05) is 36.4 Å². The Bertz CT molecular complexity index is 903. The van der Waals surface area contributed by atoms with Crippen molar-refractivity contribution in [2.75, 3.05) is 13.4 Å². The van der Waals surface area contributed by atoms with E-state index in [-0.39, 0.29) is 18.2 Å². The van der Waals surface area contributed by atoms with Gasteiger partial charge in [-0.3, -0.25) is 4.79 Å². The number of nitrogens with one attached hydrogen (secondary N) is 1. The lowest BCUT2D eigenvalue weighted by Crippen LogP contribution is -2.30. The normalized spacial score (nSPS) is 16.5. The minimum absolute atomic E-state index is 0.0910. The van der Waals surface area contributed by atoms with E-state index in [0.29, 0.717) is 28.7 Å². The Morgan fingerprint density at radius 2 is 2.00 bits per heavy atom. The number of allylic oxidation sites excluding steroid dienone is 1. The number of rotatable bonds is 6. The molecule has 138 valence electrons. The molecule has 27 heavy (non-hydrogen) atoms. The Morgan fingerprint density at radius 1 is 1.22 bits per heavy atom. The fraction of sp³-hybridized carbons (Fsp3) is 0.238. The monoisotopic (exact) mass is 380 g/mol. The van der Waals surface area contributed by atoms with E-state index in [2.05, 4.69) is 11.4 Å². The van der Waals surface area contributed by atoms with Crippen LogP contribution in [0.5, 0.6) is 11.5 Å². The highest BCUT2D eigenvalue weighted by molar-refractivity contribution is 8.02. The molecule has 0 bridgehead atoms. The first kappa shape index (κ1) is 18.9. The van der Waals surface area contributed by atoms with E-state index in [1.54, 1.807) is 7.11 Å². The van der Waals surface area contributed by atoms with Crippen molar-refractivity contribution in [2.24, 2.45) is 0 Å². The third-order valence-corrected chi connectivity index (χ3v) is 5.12. The van der Waals surface area contributed by atoms with Crippen molar-refractivity contribution < 1.29 is 14.3 Å². The highest BCUT2D eigenvalue weighted by Gasteiger charge is 2.29. The predicted molar refractivity (Wildman–Crippen MR) is 105 cm³/mol. The van der Waals surface area contributed by atoms with E-state index in [9.17, 15) is 10.1 Å². The first-order valence-electron chi connectivity index (χ1n) is 8.49. The van der Waals surface area contributed by atoms with Gasteiger partial charge in [0.05, 0.1) is 23.8 Å². The van der Waals surface area contributed by atoms with Crippen LogP contribution >= 0.6 is 11.8 Å². The summed E-state index contributed by atoms with van der Waals surface area (Å²) in [5, 5.41) is 13.0. The van der Waals surface area contributed by atoms with Crippen molar-refractivity contribution in [1.29, 1.82) is 5.26 Å². The van der Waals surface area contributed by atoms with Crippen LogP contribution in [-0.2, 0) is 11.4 Å². The van der Waals surface area contributed by atoms with E-state index in [1.807, 2.05) is 54.8 Å². The Kier molecular flexibility index (Phi) is 6.05. The van der Waals surface area contributed by atoms with Crippen molar-refractivity contribution in [2.45, 2.75) is 18.9 Å². The van der Waals surface area contributed by atoms with Gasteiger partial charge in [0.15, 0.2) is 11.5 Å². The minimum atomic E-state index is -0.289. The Labute approximate surface area is 163 Å². The fourth-order valence-corrected chi connectivity index (χ4v) is 3.64. The molecule has 1 aliphatic rings. The second-order valence-electron chi connectivity index (χ2n) is 6.05. The first-order valence-corrected chi connectivity index (χ1v) is 9.71. The van der Waals surface area contributed by atoms with Gasteiger partial charge >= 0.3 is 0 Å². The number of nitrogens with zero attached hydrogens (tertiary/aromatic N) is 1. The topological polar surface area (TPSA) is 71.3 Å². The number of hydrogen-bond donors (Lipinski definition) is 1. The minimum Gasteiger partial charge on any atom is -0.493 e. The van der Waals surface area contributed by atoms with Gasteiger partial charge in [-0.2, -0.15) is 5.26 Å². The lowest BCUT2D eigenvalue weighted by Gasteiger charge is -2.25. The number of thioether (sulfide) groups is 1. The average Bonchev–Trinajstić information content (AvgIpc) is 2.72. The highest BCUT2D eigenvalue weighted by atomic mass is 32.2. The number of carbonyl (C=O) groups excluding carboxylic acids is 1. The fourth-order valence-electron chi connectivity index (χ4n) is 3.02. The summed E-state index contributed by atoms with van der Waals surface area (Å²) in [6, 6.07) is 17.7. The summed E-state index contributed by atoms with van der Waals surface area (Å²) in [6.45, 7) is 0.433. The molecule has 1 aliphatic heterocycles. The Balaban J connectivity index is 1.87. The molecule has 1 amide bonds. The summed E-state index contributed by atoms with van der Waals surface area (Å²) in [7, 11) is 1.58. The van der Waals surface area contributed by atoms with Crippen LogP contribution < -0.4 is 14.8 Å². The molecule has 0 aromatic heterocycles. The summed E-state index contributed by atoms with van der Waals surface area (Å²) in [5.74, 6) is 0.824. The van der Waals surface area contributed by atoms with Gasteiger partial charge in [0.2, 0.25) is 5.91 Å². The molecular formula is C21H20N2O3S. The molecule has 2 aromatic carbocycles. The lowest BCUT2D eigenvalue weighted by atomic mass is 9.87. The van der Waals surface area contributed by atoms with Crippen LogP contribution in [0.25, 0.3) is 0 Å². The molecule has 0 saturated carbocycles. The molecule has 3 rings (SSSR count). The largest absolute Gasteiger partial charge is 0.493 e. The zero-order valence-electron chi connectivity index (χ0n) is 15.2. The molecule has 0 saturated heterocycles. The van der Waals surface area contributed by atoms with E-state index in [0.717, 1.165) is 11.1 Å². The Morgan fingerprint density at radius 3 is 2.67 bits per heavy atom. The maximum absolute atomic E-state index is 12.0. The van der Waals surface area contributed by atoms with Gasteiger partial charge in [-0.05, 0) is 29.5 Å². The second kappa shape index (κ2) is 8.65. The first-order chi connectivity index (χ1) is 13.2. The molecule has 1 heterocycles. The zero-order valence-corrected chi connectivity index (χ0v) is 16.0. The number of ether oxygens (including phenoxy) is 2. The third-order valence-electron chi connectivity index (χ3n) is 4.39. The molecule has 0 aliphatic carbocycles. The van der Waals surface area contributed by atoms with Crippen LogP contribution in [0.15, 0.2) is 59.1 Å². The average molecular weight is 380 g/mol. The summed E-state index contributed by atoms with van der Waals surface area (Å²) >= 11 is 1.37. The van der Waals surface area contributed by atoms with Crippen LogP contribution in [0.1, 0.15) is 23.5 Å². The van der Waals surface area contributed by atoms with Crippen molar-refractivity contribution in [3.63, 3.8) is 0 Å². The van der Waals surface area contributed by atoms with Crippen molar-refractivity contribution in [3.05, 3.63) is 70.3 Å². The molecular weight excluding hydrogens is 360 g/mol. The number of methoxy groups -OCH3 is 1. The van der Waals surface area contributed by atoms with E-state index in [4.69, 9.17) is 9.47 Å². The molecule has 0 radical (unpaired) electrons. The maximum atomic E-state index is 12.0. The lowest BCUT2D eigenvalue weighted by molar-refractivity contribution is -0.120. The molecule has 0 spiro atoms. The van der Waals surface area contributed by atoms with Crippen molar-refractivity contribution >= 4 is 17.7 Å². The summed E-state index contributed by atoms with van der Waals surface area (Å²) in [6.07, 6.45) is 2.08. The van der Waals surface area contributed by atoms with Crippen molar-refractivity contribution in [1.82, 2.24) is 5.32 Å². The quantitative estimate of drug-likeness (QED) is 0.821. The van der Waals surface area contributed by atoms with Gasteiger partial charge < -0.3 is 14.8 Å². The molecule has 6 heteroatoms. The van der Waals surface area contributed by atoms with Gasteiger partial charge in [-0.25, -0.2) is 0 Å². The number of carbonyl (C=O) groups is 1. The zero-order chi connectivity index (χ0) is 19.2. The highest BCUT2D eigenvalue weighted by Crippen LogP contribution is 2.39. The maximum Gasteiger partial charge on any atom is 0.225 e. The molecule has 0 unspecified atom stereocenters. The third kappa shape index (κ3) is 4.26. The van der Waals surface area contributed by atoms with E-state index in [1.165, 1.54) is 11.8 Å². The number of nitriles is 1. The van der Waals surface area contributed by atoms with Gasteiger partial charge in [0.25, 0.3) is 0 Å². The Hall–Kier alpha value is -2.91. The summed E-state index contributed by atoms with van der Waals surface area (Å²) in [4.78, 5) is 12.0. The van der Waals surface area contributed by atoms with Crippen LogP contribution in [0, 0.1) is 11.3 Å².